The number of unbranched alkanes of at least 4 members (excludes halogenated alkanes) is 42. The van der Waals surface area contributed by atoms with E-state index in [4.69, 9.17) is 14.2 Å². The lowest BCUT2D eigenvalue weighted by atomic mass is 10.0. The molecule has 0 saturated heterocycles. The van der Waals surface area contributed by atoms with Gasteiger partial charge in [0.2, 0.25) is 0 Å². The molecule has 0 aliphatic heterocycles. The van der Waals surface area contributed by atoms with E-state index in [0.29, 0.717) is 19.3 Å². The van der Waals surface area contributed by atoms with Crippen LogP contribution in [0.25, 0.3) is 0 Å². The Morgan fingerprint density at radius 3 is 0.725 bits per heavy atom. The topological polar surface area (TPSA) is 78.9 Å². The number of rotatable bonds is 57. The minimum absolute atomic E-state index is 0.0695. The summed E-state index contributed by atoms with van der Waals surface area (Å²) in [5.41, 5.74) is 0. The molecule has 0 aromatic heterocycles. The largest absolute Gasteiger partial charge is 0.462 e. The average molecular weight is 972 g/mol. The van der Waals surface area contributed by atoms with Gasteiger partial charge in [-0.2, -0.15) is 0 Å². The third kappa shape index (κ3) is 56.7. The van der Waals surface area contributed by atoms with Crippen LogP contribution in [-0.4, -0.2) is 37.2 Å². The van der Waals surface area contributed by atoms with Crippen molar-refractivity contribution in [3.05, 3.63) is 24.3 Å². The standard InChI is InChI=1S/C63H118O6/c1-4-7-10-13-16-19-22-25-28-31-33-35-38-41-44-47-50-53-56-62(65)68-59-60(58-67-61(64)55-52-49-46-43-40-37-34-30-27-24-21-18-15-12-9-6-3)69-63(66)57-54-51-48-45-42-39-36-32-29-26-23-20-17-14-11-8-5-2/h26,28-29,31,60H,4-25,27,30,32-59H2,1-3H3/b29-26-,31-28-. The first-order valence-electron chi connectivity index (χ1n) is 30.8. The van der Waals surface area contributed by atoms with E-state index in [1.165, 1.54) is 244 Å². The summed E-state index contributed by atoms with van der Waals surface area (Å²) in [5.74, 6) is -0.854. The van der Waals surface area contributed by atoms with E-state index in [9.17, 15) is 14.4 Å². The molecule has 0 N–H and O–H groups in total. The molecule has 6 heteroatoms. The Morgan fingerprint density at radius 2 is 0.478 bits per heavy atom. The molecule has 0 fully saturated rings. The van der Waals surface area contributed by atoms with Crippen molar-refractivity contribution in [2.45, 2.75) is 348 Å². The summed E-state index contributed by atoms with van der Waals surface area (Å²) in [6.45, 7) is 6.69. The Balaban J connectivity index is 4.34. The molecule has 0 aliphatic rings. The molecule has 0 aliphatic carbocycles. The lowest BCUT2D eigenvalue weighted by molar-refractivity contribution is -0.167. The molecule has 406 valence electrons. The Bertz CT molecular complexity index is 1110. The molecule has 0 aromatic carbocycles. The minimum atomic E-state index is -0.772. The summed E-state index contributed by atoms with van der Waals surface area (Å²) in [6.07, 6.45) is 68.8. The van der Waals surface area contributed by atoms with Gasteiger partial charge in [-0.1, -0.05) is 276 Å². The summed E-state index contributed by atoms with van der Waals surface area (Å²) < 4.78 is 16.9. The van der Waals surface area contributed by atoms with Gasteiger partial charge in [-0.25, -0.2) is 0 Å². The zero-order chi connectivity index (χ0) is 50.0. The first-order chi connectivity index (χ1) is 34.0. The summed E-state index contributed by atoms with van der Waals surface area (Å²) in [6, 6.07) is 0. The van der Waals surface area contributed by atoms with Crippen molar-refractivity contribution in [1.29, 1.82) is 0 Å². The van der Waals surface area contributed by atoms with Gasteiger partial charge in [-0.3, -0.25) is 14.4 Å². The van der Waals surface area contributed by atoms with E-state index in [0.717, 1.165) is 57.8 Å². The van der Waals surface area contributed by atoms with Gasteiger partial charge in [0, 0.05) is 19.3 Å². The monoisotopic (exact) mass is 971 g/mol. The highest BCUT2D eigenvalue weighted by molar-refractivity contribution is 5.71. The molecule has 0 amide bonds. The lowest BCUT2D eigenvalue weighted by Gasteiger charge is -2.18. The van der Waals surface area contributed by atoms with Crippen LogP contribution in [0.4, 0.5) is 0 Å². The summed E-state index contributed by atoms with van der Waals surface area (Å²) in [5, 5.41) is 0. The number of esters is 3. The molecule has 0 aromatic rings. The van der Waals surface area contributed by atoms with Gasteiger partial charge in [-0.15, -0.1) is 0 Å². The van der Waals surface area contributed by atoms with Crippen LogP contribution in [0.1, 0.15) is 342 Å². The zero-order valence-corrected chi connectivity index (χ0v) is 46.6. The first-order valence-corrected chi connectivity index (χ1v) is 30.8. The second-order valence-electron chi connectivity index (χ2n) is 21.0. The van der Waals surface area contributed by atoms with Crippen molar-refractivity contribution >= 4 is 17.9 Å². The van der Waals surface area contributed by atoms with E-state index in [1.807, 2.05) is 0 Å². The number of carbonyl (C=O) groups excluding carboxylic acids is 3. The molecule has 0 radical (unpaired) electrons. The molecule has 0 bridgehead atoms. The fourth-order valence-corrected chi connectivity index (χ4v) is 9.26. The van der Waals surface area contributed by atoms with Crippen LogP contribution in [0.3, 0.4) is 0 Å². The quantitative estimate of drug-likeness (QED) is 0.0261. The molecule has 0 saturated carbocycles. The van der Waals surface area contributed by atoms with Crippen LogP contribution in [0.5, 0.6) is 0 Å². The van der Waals surface area contributed by atoms with E-state index < -0.39 is 6.10 Å². The van der Waals surface area contributed by atoms with Crippen molar-refractivity contribution in [2.75, 3.05) is 13.2 Å². The number of carbonyl (C=O) groups is 3. The second kappa shape index (κ2) is 58.5. The highest BCUT2D eigenvalue weighted by Gasteiger charge is 2.19. The van der Waals surface area contributed by atoms with Crippen LogP contribution >= 0.6 is 0 Å². The number of allylic oxidation sites excluding steroid dienone is 4. The van der Waals surface area contributed by atoms with Gasteiger partial charge in [0.05, 0.1) is 0 Å². The van der Waals surface area contributed by atoms with Crippen molar-refractivity contribution in [3.63, 3.8) is 0 Å². The van der Waals surface area contributed by atoms with E-state index in [1.54, 1.807) is 0 Å². The number of hydrogen-bond acceptors (Lipinski definition) is 6. The molecule has 0 spiro atoms. The molecule has 0 heterocycles. The predicted molar refractivity (Wildman–Crippen MR) is 298 cm³/mol. The molecule has 1 atom stereocenters. The number of ether oxygens (including phenoxy) is 3. The van der Waals surface area contributed by atoms with E-state index in [2.05, 4.69) is 45.1 Å². The molecule has 69 heavy (non-hydrogen) atoms. The van der Waals surface area contributed by atoms with Gasteiger partial charge in [0.1, 0.15) is 13.2 Å². The molecule has 1 unspecified atom stereocenters. The van der Waals surface area contributed by atoms with Crippen molar-refractivity contribution in [2.24, 2.45) is 0 Å². The van der Waals surface area contributed by atoms with Crippen LogP contribution in [0, 0.1) is 0 Å². The van der Waals surface area contributed by atoms with Crippen LogP contribution in [0.15, 0.2) is 24.3 Å². The predicted octanol–water partition coefficient (Wildman–Crippen LogP) is 20.7. The Hall–Kier alpha value is -2.11. The highest BCUT2D eigenvalue weighted by atomic mass is 16.6. The fraction of sp³-hybridized carbons (Fsp3) is 0.889. The fourth-order valence-electron chi connectivity index (χ4n) is 9.26. The van der Waals surface area contributed by atoms with Crippen molar-refractivity contribution in [1.82, 2.24) is 0 Å². The Labute approximate surface area is 430 Å². The first kappa shape index (κ1) is 66.9. The van der Waals surface area contributed by atoms with Gasteiger partial charge in [0.15, 0.2) is 6.10 Å². The Morgan fingerprint density at radius 1 is 0.275 bits per heavy atom. The Kier molecular flexibility index (Phi) is 56.7. The van der Waals surface area contributed by atoms with E-state index >= 15 is 0 Å². The van der Waals surface area contributed by atoms with Crippen molar-refractivity contribution in [3.8, 4) is 0 Å². The third-order valence-corrected chi connectivity index (χ3v) is 13.9. The smallest absolute Gasteiger partial charge is 0.306 e. The second-order valence-corrected chi connectivity index (χ2v) is 21.0. The zero-order valence-electron chi connectivity index (χ0n) is 46.6. The highest BCUT2D eigenvalue weighted by Crippen LogP contribution is 2.17. The SMILES string of the molecule is CCCCCCCC/C=C\CCCCCCCCCC(=O)OC(COC(=O)CCCCCCCCC/C=C\CCCCCCCCC)COC(=O)CCCCCCCCCCCCCCCCCC. The molecule has 6 nitrogen and oxygen atoms in total. The molecular formula is C63H118O6. The maximum atomic E-state index is 12.9. The summed E-state index contributed by atoms with van der Waals surface area (Å²) in [7, 11) is 0. The molecule has 0 rings (SSSR count). The maximum Gasteiger partial charge on any atom is 0.306 e. The van der Waals surface area contributed by atoms with Crippen LogP contribution in [0.2, 0.25) is 0 Å². The van der Waals surface area contributed by atoms with Gasteiger partial charge in [-0.05, 0) is 70.6 Å². The number of hydrogen-bond donors (Lipinski definition) is 0. The van der Waals surface area contributed by atoms with Gasteiger partial charge in [0.25, 0.3) is 0 Å². The average Bonchev–Trinajstić information content (AvgIpc) is 3.35. The minimum Gasteiger partial charge on any atom is -0.462 e. The third-order valence-electron chi connectivity index (χ3n) is 13.9. The van der Waals surface area contributed by atoms with Crippen LogP contribution in [-0.2, 0) is 28.6 Å². The van der Waals surface area contributed by atoms with Gasteiger partial charge >= 0.3 is 17.9 Å². The summed E-state index contributed by atoms with van der Waals surface area (Å²) in [4.78, 5) is 38.2. The van der Waals surface area contributed by atoms with Crippen molar-refractivity contribution < 1.29 is 28.6 Å². The summed E-state index contributed by atoms with van der Waals surface area (Å²) >= 11 is 0. The van der Waals surface area contributed by atoms with E-state index in [-0.39, 0.29) is 31.1 Å². The normalized spacial score (nSPS) is 12.1. The maximum absolute atomic E-state index is 12.9. The van der Waals surface area contributed by atoms with Crippen LogP contribution < -0.4 is 0 Å². The van der Waals surface area contributed by atoms with Gasteiger partial charge < -0.3 is 14.2 Å². The molecular weight excluding hydrogens is 853 g/mol. The lowest BCUT2D eigenvalue weighted by Crippen LogP contribution is -2.30.